The highest BCUT2D eigenvalue weighted by atomic mass is 32.2. The topological polar surface area (TPSA) is 69.0 Å². The van der Waals surface area contributed by atoms with Crippen LogP contribution >= 0.6 is 11.8 Å². The lowest BCUT2D eigenvalue weighted by atomic mass is 10.1. The summed E-state index contributed by atoms with van der Waals surface area (Å²) in [6, 6.07) is 27.9. The summed E-state index contributed by atoms with van der Waals surface area (Å²) in [5, 5.41) is 5.65. The van der Waals surface area contributed by atoms with E-state index in [1.54, 1.807) is 0 Å². The molecule has 38 heavy (non-hydrogen) atoms. The van der Waals surface area contributed by atoms with Gasteiger partial charge in [-0.3, -0.25) is 4.79 Å². The molecule has 0 saturated carbocycles. The maximum Gasteiger partial charge on any atom is 0.286 e. The minimum absolute atomic E-state index is 0.227. The fourth-order valence-electron chi connectivity index (χ4n) is 4.33. The van der Waals surface area contributed by atoms with Gasteiger partial charge >= 0.3 is 0 Å². The van der Waals surface area contributed by atoms with Crippen LogP contribution in [0.4, 0.5) is 0 Å². The smallest absolute Gasteiger partial charge is 0.286 e. The van der Waals surface area contributed by atoms with Crippen LogP contribution in [0.5, 0.6) is 5.75 Å². The first-order valence-electron chi connectivity index (χ1n) is 12.5. The van der Waals surface area contributed by atoms with Crippen molar-refractivity contribution in [2.24, 2.45) is 4.99 Å². The van der Waals surface area contributed by atoms with Crippen molar-refractivity contribution in [3.05, 3.63) is 107 Å². The molecule has 4 aromatic rings. The summed E-state index contributed by atoms with van der Waals surface area (Å²) in [4.78, 5) is 19.9. The van der Waals surface area contributed by atoms with Gasteiger partial charge in [-0.25, -0.2) is 4.68 Å². The minimum Gasteiger partial charge on any atom is -0.489 e. The third kappa shape index (κ3) is 5.41. The second kappa shape index (κ2) is 11.1. The fraction of sp³-hybridized carbons (Fsp3) is 0.167. The Kier molecular flexibility index (Phi) is 7.06. The molecule has 1 fully saturated rings. The molecule has 0 radical (unpaired) electrons. The summed E-state index contributed by atoms with van der Waals surface area (Å²) in [6.07, 6.45) is 3.85. The van der Waals surface area contributed by atoms with Gasteiger partial charge < -0.3 is 14.4 Å². The molecule has 1 amide bonds. The fourth-order valence-corrected chi connectivity index (χ4v) is 5.29. The van der Waals surface area contributed by atoms with E-state index in [2.05, 4.69) is 9.89 Å². The van der Waals surface area contributed by atoms with E-state index in [4.69, 9.17) is 14.6 Å². The quantitative estimate of drug-likeness (QED) is 0.315. The van der Waals surface area contributed by atoms with Crippen molar-refractivity contribution in [2.75, 3.05) is 26.3 Å². The Morgan fingerprint density at radius 3 is 2.50 bits per heavy atom. The van der Waals surface area contributed by atoms with Crippen LogP contribution in [0.25, 0.3) is 23.0 Å². The van der Waals surface area contributed by atoms with Crippen molar-refractivity contribution in [1.29, 1.82) is 0 Å². The summed E-state index contributed by atoms with van der Waals surface area (Å²) in [5.74, 6) is 0.526. The van der Waals surface area contributed by atoms with Crippen molar-refractivity contribution in [3.8, 4) is 22.7 Å². The number of hydrogen-bond acceptors (Lipinski definition) is 6. The molecule has 2 aliphatic heterocycles. The first-order chi connectivity index (χ1) is 18.7. The van der Waals surface area contributed by atoms with Crippen LogP contribution in [0.15, 0.2) is 101 Å². The van der Waals surface area contributed by atoms with Gasteiger partial charge in [0.15, 0.2) is 5.17 Å². The van der Waals surface area contributed by atoms with Crippen LogP contribution in [0.3, 0.4) is 0 Å². The number of nitrogens with zero attached hydrogens (tertiary/aromatic N) is 4. The predicted molar refractivity (Wildman–Crippen MR) is 150 cm³/mol. The molecule has 0 unspecified atom stereocenters. The van der Waals surface area contributed by atoms with Crippen LogP contribution in [-0.4, -0.2) is 52.1 Å². The lowest BCUT2D eigenvalue weighted by Crippen LogP contribution is -2.38. The Bertz CT molecular complexity index is 1490. The highest BCUT2D eigenvalue weighted by molar-refractivity contribution is 8.18. The molecule has 3 heterocycles. The molecule has 0 spiro atoms. The number of carbonyl (C=O) groups is 1. The second-order valence-corrected chi connectivity index (χ2v) is 9.93. The molecule has 0 aliphatic carbocycles. The SMILES string of the molecule is O=C1N=C(N2CCOCC2)SC1=Cc1cn(-c2ccccc2)nc1-c1cccc(OCc2ccccc2)c1. The summed E-state index contributed by atoms with van der Waals surface area (Å²) in [5.41, 5.74) is 4.54. The third-order valence-corrected chi connectivity index (χ3v) is 7.34. The number of ether oxygens (including phenoxy) is 2. The summed E-state index contributed by atoms with van der Waals surface area (Å²) >= 11 is 1.41. The van der Waals surface area contributed by atoms with Crippen LogP contribution in [0, 0.1) is 0 Å². The number of thioether (sulfide) groups is 1. The van der Waals surface area contributed by atoms with Crippen molar-refractivity contribution in [2.45, 2.75) is 6.61 Å². The van der Waals surface area contributed by atoms with E-state index >= 15 is 0 Å². The van der Waals surface area contributed by atoms with Crippen LogP contribution in [-0.2, 0) is 16.1 Å². The highest BCUT2D eigenvalue weighted by Gasteiger charge is 2.28. The number of amidine groups is 1. The lowest BCUT2D eigenvalue weighted by Gasteiger charge is -2.27. The normalized spacial score (nSPS) is 16.6. The zero-order valence-electron chi connectivity index (χ0n) is 20.7. The summed E-state index contributed by atoms with van der Waals surface area (Å²) < 4.78 is 13.4. The maximum atomic E-state index is 12.8. The van der Waals surface area contributed by atoms with Gasteiger partial charge in [-0.15, -0.1) is 0 Å². The zero-order chi connectivity index (χ0) is 25.7. The van der Waals surface area contributed by atoms with Crippen molar-refractivity contribution < 1.29 is 14.3 Å². The maximum absolute atomic E-state index is 12.8. The van der Waals surface area contributed by atoms with Crippen molar-refractivity contribution >= 4 is 28.9 Å². The Labute approximate surface area is 225 Å². The van der Waals surface area contributed by atoms with Crippen LogP contribution in [0.1, 0.15) is 11.1 Å². The minimum atomic E-state index is -0.227. The molecule has 7 nitrogen and oxygen atoms in total. The largest absolute Gasteiger partial charge is 0.489 e. The summed E-state index contributed by atoms with van der Waals surface area (Å²) in [7, 11) is 0. The van der Waals surface area contributed by atoms with Crippen LogP contribution in [0.2, 0.25) is 0 Å². The van der Waals surface area contributed by atoms with E-state index in [0.717, 1.165) is 52.1 Å². The highest BCUT2D eigenvalue weighted by Crippen LogP contribution is 2.34. The number of carbonyl (C=O) groups excluding carboxylic acids is 1. The van der Waals surface area contributed by atoms with Crippen LogP contribution < -0.4 is 4.74 Å². The molecule has 6 rings (SSSR count). The molecule has 0 bridgehead atoms. The zero-order valence-corrected chi connectivity index (χ0v) is 21.5. The van der Waals surface area contributed by atoms with Gasteiger partial charge in [0, 0.05) is 30.4 Å². The number of morpholine rings is 1. The van der Waals surface area contributed by atoms with Gasteiger partial charge in [-0.05, 0) is 47.7 Å². The first kappa shape index (κ1) is 24.2. The number of aliphatic imine (C=N–C) groups is 1. The van der Waals surface area contributed by atoms with Gasteiger partial charge in [-0.2, -0.15) is 10.1 Å². The molecule has 1 aromatic heterocycles. The average Bonchev–Trinajstić information content (AvgIpc) is 3.57. The number of amides is 1. The molecular weight excluding hydrogens is 496 g/mol. The molecule has 8 heteroatoms. The third-order valence-electron chi connectivity index (χ3n) is 6.30. The second-order valence-electron chi connectivity index (χ2n) is 8.92. The Morgan fingerprint density at radius 2 is 1.71 bits per heavy atom. The van der Waals surface area contributed by atoms with Crippen molar-refractivity contribution in [3.63, 3.8) is 0 Å². The van der Waals surface area contributed by atoms with Gasteiger partial charge in [0.2, 0.25) is 0 Å². The molecule has 1 saturated heterocycles. The van der Waals surface area contributed by atoms with E-state index in [0.29, 0.717) is 24.7 Å². The Balaban J connectivity index is 1.32. The number of rotatable bonds is 6. The molecule has 0 N–H and O–H groups in total. The first-order valence-corrected chi connectivity index (χ1v) is 13.3. The number of hydrogen-bond donors (Lipinski definition) is 0. The Morgan fingerprint density at radius 1 is 0.947 bits per heavy atom. The number of aromatic nitrogens is 2. The Hall–Kier alpha value is -4.14. The van der Waals surface area contributed by atoms with Gasteiger partial charge in [0.1, 0.15) is 18.1 Å². The molecular formula is C30H26N4O3S. The van der Waals surface area contributed by atoms with Gasteiger partial charge in [-0.1, -0.05) is 60.7 Å². The van der Waals surface area contributed by atoms with E-state index in [9.17, 15) is 4.79 Å². The summed E-state index contributed by atoms with van der Waals surface area (Å²) in [6.45, 7) is 3.23. The molecule has 3 aromatic carbocycles. The molecule has 190 valence electrons. The number of benzene rings is 3. The number of para-hydroxylation sites is 1. The van der Waals surface area contributed by atoms with E-state index in [1.165, 1.54) is 11.8 Å². The average molecular weight is 523 g/mol. The van der Waals surface area contributed by atoms with E-state index in [1.807, 2.05) is 102 Å². The predicted octanol–water partition coefficient (Wildman–Crippen LogP) is 5.42. The standard InChI is InChI=1S/C30H26N4O3S/c35-29-27(38-30(31-29)33-14-16-36-17-15-33)19-24-20-34(25-11-5-2-6-12-25)32-28(24)23-10-7-13-26(18-23)37-21-22-8-3-1-4-9-22/h1-13,18-20H,14-17,21H2. The van der Waals surface area contributed by atoms with Gasteiger partial charge in [0.25, 0.3) is 5.91 Å². The van der Waals surface area contributed by atoms with Crippen molar-refractivity contribution in [1.82, 2.24) is 14.7 Å². The van der Waals surface area contributed by atoms with E-state index in [-0.39, 0.29) is 5.91 Å². The van der Waals surface area contributed by atoms with E-state index < -0.39 is 0 Å². The molecule has 0 atom stereocenters. The lowest BCUT2D eigenvalue weighted by molar-refractivity contribution is -0.113. The molecule has 2 aliphatic rings. The van der Waals surface area contributed by atoms with Gasteiger partial charge in [0.05, 0.1) is 23.8 Å². The monoisotopic (exact) mass is 522 g/mol.